The smallest absolute Gasteiger partial charge is 0.143 e. The molecule has 0 saturated heterocycles. The van der Waals surface area contributed by atoms with Crippen LogP contribution in [0.5, 0.6) is 0 Å². The predicted molar refractivity (Wildman–Crippen MR) is 239 cm³/mol. The largest absolute Gasteiger partial charge is 0.455 e. The first-order valence-electron chi connectivity index (χ1n) is 19.5. The number of fused-ring (bicyclic) bond motifs is 9. The molecule has 57 heavy (non-hydrogen) atoms. The van der Waals surface area contributed by atoms with Crippen LogP contribution in [0.1, 0.15) is 0 Å². The third-order valence-corrected chi connectivity index (χ3v) is 11.7. The number of aromatic nitrogens is 2. The zero-order chi connectivity index (χ0) is 37.5. The SMILES string of the molecule is c1ccc(-n2c3ccccc3c3cc(-c4ccc(-c5ccc6c(c5)c5cc(-c7cccc8c7oc7ccccc78)ccc5n6-c5ccccc5)cc4)ccc32)cc1. The Balaban J connectivity index is 0.975. The molecule has 12 rings (SSSR count). The van der Waals surface area contributed by atoms with Crippen LogP contribution in [-0.4, -0.2) is 9.13 Å². The van der Waals surface area contributed by atoms with E-state index in [4.69, 9.17) is 4.42 Å². The molecule has 0 bridgehead atoms. The summed E-state index contributed by atoms with van der Waals surface area (Å²) in [6.07, 6.45) is 0. The Hall–Kier alpha value is -7.62. The molecule has 3 heteroatoms. The first-order chi connectivity index (χ1) is 28.3. The quantitative estimate of drug-likeness (QED) is 0.173. The molecule has 0 atom stereocenters. The third kappa shape index (κ3) is 4.92. The van der Waals surface area contributed by atoms with Crippen molar-refractivity contribution in [2.75, 3.05) is 0 Å². The van der Waals surface area contributed by atoms with Crippen molar-refractivity contribution in [3.8, 4) is 44.8 Å². The Morgan fingerprint density at radius 3 is 1.33 bits per heavy atom. The van der Waals surface area contributed by atoms with E-state index in [0.717, 1.165) is 38.8 Å². The highest BCUT2D eigenvalue weighted by Crippen LogP contribution is 2.41. The van der Waals surface area contributed by atoms with Gasteiger partial charge in [-0.1, -0.05) is 133 Å². The lowest BCUT2D eigenvalue weighted by atomic mass is 9.97. The van der Waals surface area contributed by atoms with Crippen LogP contribution in [0.2, 0.25) is 0 Å². The van der Waals surface area contributed by atoms with E-state index in [9.17, 15) is 0 Å². The molecular formula is C54H34N2O. The number of nitrogens with zero attached hydrogens (tertiary/aromatic N) is 2. The molecule has 0 saturated carbocycles. The lowest BCUT2D eigenvalue weighted by Crippen LogP contribution is -1.93. The van der Waals surface area contributed by atoms with Crippen molar-refractivity contribution in [1.82, 2.24) is 9.13 Å². The summed E-state index contributed by atoms with van der Waals surface area (Å²) in [5, 5.41) is 7.22. The fraction of sp³-hybridized carbons (Fsp3) is 0. The summed E-state index contributed by atoms with van der Waals surface area (Å²) in [6, 6.07) is 74.4. The maximum absolute atomic E-state index is 6.48. The van der Waals surface area contributed by atoms with Gasteiger partial charge < -0.3 is 13.6 Å². The molecule has 0 aliphatic carbocycles. The van der Waals surface area contributed by atoms with Crippen LogP contribution >= 0.6 is 0 Å². The molecule has 0 radical (unpaired) electrons. The standard InChI is InChI=1S/C54H34N2O/c1-3-12-40(13-4-1)55-49-20-9-7-16-43(49)46-32-37(26-29-50(46)55)35-22-24-36(25-23-35)38-27-30-51-47(33-38)48-34-39(28-31-52(48)56(51)41-14-5-2-6-15-41)42-18-11-19-45-44-17-8-10-21-53(44)57-54(42)45/h1-34H. The summed E-state index contributed by atoms with van der Waals surface area (Å²) in [5.41, 5.74) is 15.9. The summed E-state index contributed by atoms with van der Waals surface area (Å²) in [5.74, 6) is 0. The Kier molecular flexibility index (Phi) is 6.93. The van der Waals surface area contributed by atoms with Crippen LogP contribution in [-0.2, 0) is 0 Å². The second kappa shape index (κ2) is 12.5. The Bertz CT molecular complexity index is 3490. The highest BCUT2D eigenvalue weighted by Gasteiger charge is 2.18. The number of rotatable bonds is 5. The molecule has 0 aliphatic heterocycles. The third-order valence-electron chi connectivity index (χ3n) is 11.7. The number of hydrogen-bond acceptors (Lipinski definition) is 1. The van der Waals surface area contributed by atoms with Gasteiger partial charge in [-0.25, -0.2) is 0 Å². The van der Waals surface area contributed by atoms with E-state index in [2.05, 4.69) is 203 Å². The van der Waals surface area contributed by atoms with Gasteiger partial charge in [0, 0.05) is 49.3 Å². The lowest BCUT2D eigenvalue weighted by Gasteiger charge is -2.09. The maximum atomic E-state index is 6.48. The summed E-state index contributed by atoms with van der Waals surface area (Å²) in [6.45, 7) is 0. The van der Waals surface area contributed by atoms with E-state index >= 15 is 0 Å². The van der Waals surface area contributed by atoms with E-state index in [1.54, 1.807) is 0 Å². The Morgan fingerprint density at radius 1 is 0.281 bits per heavy atom. The Morgan fingerprint density at radius 2 is 0.719 bits per heavy atom. The Labute approximate surface area is 328 Å². The zero-order valence-electron chi connectivity index (χ0n) is 30.9. The minimum Gasteiger partial charge on any atom is -0.455 e. The molecule has 0 N–H and O–H groups in total. The molecular weight excluding hydrogens is 693 g/mol. The van der Waals surface area contributed by atoms with Crippen molar-refractivity contribution in [2.45, 2.75) is 0 Å². The van der Waals surface area contributed by atoms with Crippen molar-refractivity contribution in [3.05, 3.63) is 206 Å². The summed E-state index contributed by atoms with van der Waals surface area (Å²) >= 11 is 0. The summed E-state index contributed by atoms with van der Waals surface area (Å²) in [7, 11) is 0. The molecule has 12 aromatic rings. The number of furan rings is 1. The van der Waals surface area contributed by atoms with Gasteiger partial charge in [0.1, 0.15) is 11.2 Å². The van der Waals surface area contributed by atoms with Gasteiger partial charge in [0.15, 0.2) is 0 Å². The molecule has 3 heterocycles. The van der Waals surface area contributed by atoms with E-state index in [1.807, 2.05) is 12.1 Å². The molecule has 0 unspecified atom stereocenters. The van der Waals surface area contributed by atoms with E-state index in [-0.39, 0.29) is 0 Å². The lowest BCUT2D eigenvalue weighted by molar-refractivity contribution is 0.670. The van der Waals surface area contributed by atoms with Gasteiger partial charge in [0.2, 0.25) is 0 Å². The minimum atomic E-state index is 0.911. The van der Waals surface area contributed by atoms with Crippen molar-refractivity contribution in [2.24, 2.45) is 0 Å². The molecule has 0 aliphatic rings. The first-order valence-corrected chi connectivity index (χ1v) is 19.5. The normalized spacial score (nSPS) is 11.9. The van der Waals surface area contributed by atoms with Gasteiger partial charge in [0.25, 0.3) is 0 Å². The highest BCUT2D eigenvalue weighted by molar-refractivity contribution is 6.14. The van der Waals surface area contributed by atoms with Crippen molar-refractivity contribution < 1.29 is 4.42 Å². The second-order valence-electron chi connectivity index (χ2n) is 14.9. The first kappa shape index (κ1) is 31.7. The number of para-hydroxylation sites is 5. The van der Waals surface area contributed by atoms with Crippen molar-refractivity contribution in [1.29, 1.82) is 0 Å². The van der Waals surface area contributed by atoms with Gasteiger partial charge in [-0.2, -0.15) is 0 Å². The van der Waals surface area contributed by atoms with Crippen LogP contribution in [0.25, 0.3) is 110 Å². The summed E-state index contributed by atoms with van der Waals surface area (Å²) in [4.78, 5) is 0. The number of benzene rings is 9. The molecule has 0 fully saturated rings. The molecule has 3 nitrogen and oxygen atoms in total. The predicted octanol–water partition coefficient (Wildman–Crippen LogP) is 14.8. The van der Waals surface area contributed by atoms with Gasteiger partial charge in [0.05, 0.1) is 22.1 Å². The van der Waals surface area contributed by atoms with Crippen LogP contribution in [0.15, 0.2) is 211 Å². The average molecular weight is 727 g/mol. The average Bonchev–Trinajstić information content (AvgIpc) is 3.94. The van der Waals surface area contributed by atoms with Crippen LogP contribution in [0, 0.1) is 0 Å². The maximum Gasteiger partial charge on any atom is 0.143 e. The van der Waals surface area contributed by atoms with Gasteiger partial charge in [-0.3, -0.25) is 0 Å². The molecule has 0 spiro atoms. The molecule has 3 aromatic heterocycles. The summed E-state index contributed by atoms with van der Waals surface area (Å²) < 4.78 is 11.2. The second-order valence-corrected chi connectivity index (χ2v) is 14.9. The van der Waals surface area contributed by atoms with E-state index < -0.39 is 0 Å². The molecule has 0 amide bonds. The molecule has 9 aromatic carbocycles. The van der Waals surface area contributed by atoms with Gasteiger partial charge in [-0.05, 0) is 101 Å². The van der Waals surface area contributed by atoms with Crippen LogP contribution in [0.4, 0.5) is 0 Å². The van der Waals surface area contributed by atoms with Crippen LogP contribution in [0.3, 0.4) is 0 Å². The van der Waals surface area contributed by atoms with Gasteiger partial charge >= 0.3 is 0 Å². The minimum absolute atomic E-state index is 0.911. The fourth-order valence-corrected chi connectivity index (χ4v) is 9.06. The van der Waals surface area contributed by atoms with Crippen LogP contribution < -0.4 is 0 Å². The van der Waals surface area contributed by atoms with E-state index in [0.29, 0.717) is 0 Å². The van der Waals surface area contributed by atoms with E-state index in [1.165, 1.54) is 71.6 Å². The van der Waals surface area contributed by atoms with Crippen molar-refractivity contribution in [3.63, 3.8) is 0 Å². The van der Waals surface area contributed by atoms with Crippen molar-refractivity contribution >= 4 is 65.6 Å². The zero-order valence-corrected chi connectivity index (χ0v) is 30.9. The topological polar surface area (TPSA) is 23.0 Å². The highest BCUT2D eigenvalue weighted by atomic mass is 16.3. The molecule has 266 valence electrons. The monoisotopic (exact) mass is 726 g/mol. The fourth-order valence-electron chi connectivity index (χ4n) is 9.06. The number of hydrogen-bond donors (Lipinski definition) is 0. The van der Waals surface area contributed by atoms with Gasteiger partial charge in [-0.15, -0.1) is 0 Å².